The highest BCUT2D eigenvalue weighted by Crippen LogP contribution is 2.36. The second-order valence-electron chi connectivity index (χ2n) is 9.80. The summed E-state index contributed by atoms with van der Waals surface area (Å²) in [7, 11) is 0. The maximum atomic E-state index is 12.4. The van der Waals surface area contributed by atoms with E-state index in [0.717, 1.165) is 49.8 Å². The number of para-hydroxylation sites is 2. The van der Waals surface area contributed by atoms with Gasteiger partial charge in [-0.3, -0.25) is 4.79 Å². The molecule has 0 fully saturated rings. The van der Waals surface area contributed by atoms with Crippen LogP contribution >= 0.6 is 11.8 Å². The van der Waals surface area contributed by atoms with E-state index in [9.17, 15) is 14.7 Å². The summed E-state index contributed by atoms with van der Waals surface area (Å²) in [5, 5.41) is 14.4. The van der Waals surface area contributed by atoms with Gasteiger partial charge in [-0.1, -0.05) is 103 Å². The fourth-order valence-corrected chi connectivity index (χ4v) is 5.92. The molecule has 5 aromatic carbocycles. The number of nitrogens with one attached hydrogen (secondary N) is 1. The lowest BCUT2D eigenvalue weighted by Crippen LogP contribution is -2.42. The number of furan rings is 1. The van der Waals surface area contributed by atoms with Crippen LogP contribution in [0.1, 0.15) is 15.9 Å². The molecule has 0 aliphatic heterocycles. The summed E-state index contributed by atoms with van der Waals surface area (Å²) in [5.74, 6) is -0.513. The molecule has 0 aliphatic rings. The molecule has 5 nitrogen and oxygen atoms in total. The van der Waals surface area contributed by atoms with Gasteiger partial charge in [0.2, 0.25) is 0 Å². The van der Waals surface area contributed by atoms with Gasteiger partial charge in [-0.05, 0) is 40.5 Å². The Balaban J connectivity index is 1.10. The molecule has 202 valence electrons. The molecule has 0 bridgehead atoms. The predicted molar refractivity (Wildman–Crippen MR) is 166 cm³/mol. The van der Waals surface area contributed by atoms with E-state index >= 15 is 0 Å². The van der Waals surface area contributed by atoms with Crippen molar-refractivity contribution in [3.05, 3.63) is 132 Å². The van der Waals surface area contributed by atoms with E-state index in [4.69, 9.17) is 4.42 Å². The number of aliphatic carboxylic acids is 1. The number of carboxylic acid groups (broad SMARTS) is 1. The summed E-state index contributed by atoms with van der Waals surface area (Å²) in [6.45, 7) is 0. The molecule has 1 unspecified atom stereocenters. The summed E-state index contributed by atoms with van der Waals surface area (Å²) >= 11 is 1.48. The first kappa shape index (κ1) is 26.4. The Morgan fingerprint density at radius 1 is 0.707 bits per heavy atom. The summed E-state index contributed by atoms with van der Waals surface area (Å²) in [6.07, 6.45) is 0. The van der Waals surface area contributed by atoms with E-state index in [1.54, 1.807) is 24.3 Å². The van der Waals surface area contributed by atoms with E-state index in [2.05, 4.69) is 78.1 Å². The van der Waals surface area contributed by atoms with E-state index in [0.29, 0.717) is 11.3 Å². The summed E-state index contributed by atoms with van der Waals surface area (Å²) in [5.41, 5.74) is 7.69. The summed E-state index contributed by atoms with van der Waals surface area (Å²) < 4.78 is 6.21. The van der Waals surface area contributed by atoms with Crippen molar-refractivity contribution in [3.8, 4) is 22.3 Å². The van der Waals surface area contributed by atoms with Gasteiger partial charge in [0.05, 0.1) is 0 Å². The maximum Gasteiger partial charge on any atom is 0.327 e. The van der Waals surface area contributed by atoms with Gasteiger partial charge >= 0.3 is 5.97 Å². The molecule has 2 N–H and O–H groups in total. The number of carbonyl (C=O) groups excluding carboxylic acids is 1. The van der Waals surface area contributed by atoms with Crippen molar-refractivity contribution in [2.75, 3.05) is 5.75 Å². The Hall–Kier alpha value is -4.81. The maximum absolute atomic E-state index is 12.4. The highest BCUT2D eigenvalue weighted by Gasteiger charge is 2.20. The molecule has 0 saturated carbocycles. The minimum Gasteiger partial charge on any atom is -0.480 e. The molecular formula is C35H27NO4S. The smallest absolute Gasteiger partial charge is 0.327 e. The number of hydrogen-bond donors (Lipinski definition) is 2. The van der Waals surface area contributed by atoms with Crippen LogP contribution in [0.5, 0.6) is 0 Å². The summed E-state index contributed by atoms with van der Waals surface area (Å²) in [4.78, 5) is 24.1. The van der Waals surface area contributed by atoms with Gasteiger partial charge in [-0.15, -0.1) is 0 Å². The van der Waals surface area contributed by atoms with Crippen LogP contribution in [-0.2, 0) is 10.5 Å². The van der Waals surface area contributed by atoms with Crippen molar-refractivity contribution in [3.63, 3.8) is 0 Å². The lowest BCUT2D eigenvalue weighted by atomic mass is 9.98. The molecule has 6 heteroatoms. The molecule has 1 amide bonds. The topological polar surface area (TPSA) is 79.5 Å². The zero-order valence-electron chi connectivity index (χ0n) is 22.1. The zero-order chi connectivity index (χ0) is 28.2. The van der Waals surface area contributed by atoms with E-state index in [1.165, 1.54) is 11.8 Å². The number of benzene rings is 5. The lowest BCUT2D eigenvalue weighted by Gasteiger charge is -2.14. The molecule has 1 heterocycles. The van der Waals surface area contributed by atoms with Crippen LogP contribution in [0.3, 0.4) is 0 Å². The fraction of sp³-hybridized carbons (Fsp3) is 0.0857. The SMILES string of the molecule is O=C(NC(CSCc1ccc(-c2ccc(-c3cccc4c3oc3ccccc34)cc2)cc1)C(=O)O)c1ccccc1. The Labute approximate surface area is 241 Å². The highest BCUT2D eigenvalue weighted by molar-refractivity contribution is 7.98. The third kappa shape index (κ3) is 5.74. The van der Waals surface area contributed by atoms with Crippen molar-refractivity contribution in [1.29, 1.82) is 0 Å². The van der Waals surface area contributed by atoms with Gasteiger partial charge in [0, 0.05) is 33.4 Å². The van der Waals surface area contributed by atoms with Crippen molar-refractivity contribution in [1.82, 2.24) is 5.32 Å². The Morgan fingerprint density at radius 3 is 2.07 bits per heavy atom. The first-order valence-corrected chi connectivity index (χ1v) is 14.5. The van der Waals surface area contributed by atoms with E-state index in [1.807, 2.05) is 24.3 Å². The van der Waals surface area contributed by atoms with Crippen LogP contribution in [0.2, 0.25) is 0 Å². The number of fused-ring (bicyclic) bond motifs is 3. The second-order valence-corrected chi connectivity index (χ2v) is 10.8. The van der Waals surface area contributed by atoms with Gasteiger partial charge in [0.15, 0.2) is 0 Å². The molecule has 0 saturated heterocycles. The monoisotopic (exact) mass is 557 g/mol. The number of carboxylic acids is 1. The lowest BCUT2D eigenvalue weighted by molar-refractivity contribution is -0.138. The average molecular weight is 558 g/mol. The van der Waals surface area contributed by atoms with Crippen molar-refractivity contribution in [2.24, 2.45) is 0 Å². The van der Waals surface area contributed by atoms with Crippen LogP contribution in [0.15, 0.2) is 126 Å². The molecule has 6 aromatic rings. The minimum absolute atomic E-state index is 0.273. The number of thioether (sulfide) groups is 1. The normalized spacial score (nSPS) is 11.9. The van der Waals surface area contributed by atoms with Crippen molar-refractivity contribution < 1.29 is 19.1 Å². The van der Waals surface area contributed by atoms with Crippen LogP contribution in [0.25, 0.3) is 44.2 Å². The largest absolute Gasteiger partial charge is 0.480 e. The van der Waals surface area contributed by atoms with Gasteiger partial charge < -0.3 is 14.8 Å². The van der Waals surface area contributed by atoms with Gasteiger partial charge in [-0.25, -0.2) is 4.79 Å². The van der Waals surface area contributed by atoms with Crippen LogP contribution in [0, 0.1) is 0 Å². The highest BCUT2D eigenvalue weighted by atomic mass is 32.2. The van der Waals surface area contributed by atoms with Crippen LogP contribution in [0.4, 0.5) is 0 Å². The van der Waals surface area contributed by atoms with Gasteiger partial charge in [0.1, 0.15) is 17.2 Å². The standard InChI is InChI=1S/C35H27NO4S/c37-34(27-7-2-1-3-8-27)36-31(35(38)39)22-41-21-23-13-15-24(16-14-23)25-17-19-26(20-18-25)28-10-6-11-30-29-9-4-5-12-32(29)40-33(28)30/h1-20,31H,21-22H2,(H,36,37)(H,38,39). The number of hydrogen-bond acceptors (Lipinski definition) is 4. The molecule has 0 spiro atoms. The molecule has 0 radical (unpaired) electrons. The Morgan fingerprint density at radius 2 is 1.34 bits per heavy atom. The number of rotatable bonds is 9. The molecule has 41 heavy (non-hydrogen) atoms. The number of carbonyl (C=O) groups is 2. The zero-order valence-corrected chi connectivity index (χ0v) is 22.9. The fourth-order valence-electron chi connectivity index (χ4n) is 4.91. The molecule has 6 rings (SSSR count). The predicted octanol–water partition coefficient (Wildman–Crippen LogP) is 8.04. The van der Waals surface area contributed by atoms with E-state index < -0.39 is 12.0 Å². The molecular weight excluding hydrogens is 530 g/mol. The van der Waals surface area contributed by atoms with Gasteiger partial charge in [0.25, 0.3) is 5.91 Å². The number of amides is 1. The molecule has 0 aliphatic carbocycles. The summed E-state index contributed by atoms with van der Waals surface area (Å²) in [6, 6.07) is 38.8. The quantitative estimate of drug-likeness (QED) is 0.188. The van der Waals surface area contributed by atoms with Crippen molar-refractivity contribution >= 4 is 45.6 Å². The van der Waals surface area contributed by atoms with Crippen LogP contribution < -0.4 is 5.32 Å². The van der Waals surface area contributed by atoms with Crippen LogP contribution in [-0.4, -0.2) is 28.8 Å². The Bertz CT molecular complexity index is 1830. The first-order valence-electron chi connectivity index (χ1n) is 13.3. The average Bonchev–Trinajstić information content (AvgIpc) is 3.40. The van der Waals surface area contributed by atoms with Gasteiger partial charge in [-0.2, -0.15) is 11.8 Å². The third-order valence-electron chi connectivity index (χ3n) is 7.08. The molecule has 1 aromatic heterocycles. The Kier molecular flexibility index (Phi) is 7.56. The third-order valence-corrected chi connectivity index (χ3v) is 8.19. The molecule has 1 atom stereocenters. The van der Waals surface area contributed by atoms with E-state index in [-0.39, 0.29) is 11.7 Å². The minimum atomic E-state index is -1.04. The second kappa shape index (κ2) is 11.7. The first-order chi connectivity index (χ1) is 20.1. The van der Waals surface area contributed by atoms with Crippen molar-refractivity contribution in [2.45, 2.75) is 11.8 Å².